The summed E-state index contributed by atoms with van der Waals surface area (Å²) in [6.07, 6.45) is 1.83. The van der Waals surface area contributed by atoms with Crippen LogP contribution in [0.15, 0.2) is 88.2 Å². The minimum absolute atomic E-state index is 0.147. The van der Waals surface area contributed by atoms with Crippen LogP contribution in [-0.2, 0) is 21.2 Å². The molecule has 172 valence electrons. The standard InChI is InChI=1S/C25H26BrN3O3S/c26-21-11-13-22(14-12-21)29(33(31,32)23-8-2-1-3-9-23)19-25(30)27-16-6-17-28-18-15-20-7-4-5-10-24(20)28/h1-5,7-14H,6,15-19H2,(H,27,30). The fraction of sp³-hybridized carbons (Fsp3) is 0.240. The van der Waals surface area contributed by atoms with Crippen molar-refractivity contribution in [2.45, 2.75) is 17.7 Å². The lowest BCUT2D eigenvalue weighted by Crippen LogP contribution is -2.41. The number of nitrogens with zero attached hydrogens (tertiary/aromatic N) is 2. The number of carbonyl (C=O) groups excluding carboxylic acids is 1. The third-order valence-electron chi connectivity index (χ3n) is 5.64. The van der Waals surface area contributed by atoms with Gasteiger partial charge in [0.05, 0.1) is 10.6 Å². The number of rotatable bonds is 9. The van der Waals surface area contributed by atoms with Gasteiger partial charge in [-0.05, 0) is 60.9 Å². The first kappa shape index (κ1) is 23.3. The van der Waals surface area contributed by atoms with Crippen LogP contribution in [0.5, 0.6) is 0 Å². The summed E-state index contributed by atoms with van der Waals surface area (Å²) in [5.74, 6) is -0.334. The zero-order valence-electron chi connectivity index (χ0n) is 18.2. The molecule has 0 aromatic heterocycles. The number of amides is 1. The largest absolute Gasteiger partial charge is 0.371 e. The van der Waals surface area contributed by atoms with Gasteiger partial charge in [0.15, 0.2) is 0 Å². The molecular formula is C25H26BrN3O3S. The van der Waals surface area contributed by atoms with E-state index in [1.165, 1.54) is 23.4 Å². The molecule has 0 bridgehead atoms. The summed E-state index contributed by atoms with van der Waals surface area (Å²) in [6.45, 7) is 2.03. The van der Waals surface area contributed by atoms with E-state index < -0.39 is 10.0 Å². The van der Waals surface area contributed by atoms with Crippen LogP contribution in [-0.4, -0.2) is 40.5 Å². The van der Waals surface area contributed by atoms with Crippen LogP contribution >= 0.6 is 15.9 Å². The predicted octanol–water partition coefficient (Wildman–Crippen LogP) is 4.21. The van der Waals surface area contributed by atoms with Gasteiger partial charge in [0.1, 0.15) is 6.54 Å². The third kappa shape index (κ3) is 5.57. The molecule has 0 saturated heterocycles. The molecule has 4 rings (SSSR count). The normalized spacial score (nSPS) is 12.9. The number of halogens is 1. The van der Waals surface area contributed by atoms with E-state index in [9.17, 15) is 13.2 Å². The minimum Gasteiger partial charge on any atom is -0.371 e. The SMILES string of the molecule is O=C(CN(c1ccc(Br)cc1)S(=O)(=O)c1ccccc1)NCCCN1CCc2ccccc21. The summed E-state index contributed by atoms with van der Waals surface area (Å²) >= 11 is 3.37. The quantitative estimate of drug-likeness (QED) is 0.423. The Hall–Kier alpha value is -2.84. The minimum atomic E-state index is -3.89. The van der Waals surface area contributed by atoms with Crippen molar-refractivity contribution in [3.63, 3.8) is 0 Å². The van der Waals surface area contributed by atoms with Crippen LogP contribution < -0.4 is 14.5 Å². The van der Waals surface area contributed by atoms with Crippen LogP contribution in [0.3, 0.4) is 0 Å². The van der Waals surface area contributed by atoms with E-state index in [1.54, 1.807) is 42.5 Å². The van der Waals surface area contributed by atoms with Crippen molar-refractivity contribution < 1.29 is 13.2 Å². The molecule has 0 aliphatic carbocycles. The molecule has 0 radical (unpaired) electrons. The summed E-state index contributed by atoms with van der Waals surface area (Å²) in [5.41, 5.74) is 3.06. The highest BCUT2D eigenvalue weighted by molar-refractivity contribution is 9.10. The fourth-order valence-corrected chi connectivity index (χ4v) is 5.67. The van der Waals surface area contributed by atoms with Crippen LogP contribution in [0, 0.1) is 0 Å². The molecule has 3 aromatic carbocycles. The third-order valence-corrected chi connectivity index (χ3v) is 7.96. The second kappa shape index (κ2) is 10.4. The van der Waals surface area contributed by atoms with Crippen molar-refractivity contribution in [3.05, 3.63) is 88.9 Å². The predicted molar refractivity (Wildman–Crippen MR) is 135 cm³/mol. The number of benzene rings is 3. The first-order chi connectivity index (χ1) is 15.9. The molecule has 0 saturated carbocycles. The van der Waals surface area contributed by atoms with Crippen LogP contribution in [0.2, 0.25) is 0 Å². The first-order valence-corrected chi connectivity index (χ1v) is 13.1. The summed E-state index contributed by atoms with van der Waals surface area (Å²) < 4.78 is 28.6. The zero-order chi connectivity index (χ0) is 23.3. The molecule has 1 aliphatic heterocycles. The molecule has 1 aliphatic rings. The maximum absolute atomic E-state index is 13.3. The topological polar surface area (TPSA) is 69.7 Å². The van der Waals surface area contributed by atoms with E-state index in [0.29, 0.717) is 12.2 Å². The van der Waals surface area contributed by atoms with Gasteiger partial charge in [-0.3, -0.25) is 9.10 Å². The van der Waals surface area contributed by atoms with Crippen molar-refractivity contribution in [1.82, 2.24) is 5.32 Å². The Morgan fingerprint density at radius 3 is 2.42 bits per heavy atom. The van der Waals surface area contributed by atoms with Gasteiger partial charge in [0.25, 0.3) is 10.0 Å². The van der Waals surface area contributed by atoms with Gasteiger partial charge in [-0.1, -0.05) is 52.3 Å². The molecule has 3 aromatic rings. The number of nitrogens with one attached hydrogen (secondary N) is 1. The monoisotopic (exact) mass is 527 g/mol. The highest BCUT2D eigenvalue weighted by atomic mass is 79.9. The summed E-state index contributed by atoms with van der Waals surface area (Å²) in [7, 11) is -3.89. The Labute approximate surface area is 203 Å². The number of hydrogen-bond donors (Lipinski definition) is 1. The van der Waals surface area contributed by atoms with Gasteiger partial charge in [0.2, 0.25) is 5.91 Å². The number of fused-ring (bicyclic) bond motifs is 1. The zero-order valence-corrected chi connectivity index (χ0v) is 20.6. The Morgan fingerprint density at radius 2 is 1.67 bits per heavy atom. The molecule has 0 atom stereocenters. The second-order valence-corrected chi connectivity index (χ2v) is 10.6. The lowest BCUT2D eigenvalue weighted by molar-refractivity contribution is -0.119. The van der Waals surface area contributed by atoms with Gasteiger partial charge >= 0.3 is 0 Å². The number of anilines is 2. The highest BCUT2D eigenvalue weighted by Crippen LogP contribution is 2.27. The smallest absolute Gasteiger partial charge is 0.264 e. The van der Waals surface area contributed by atoms with Crippen LogP contribution in [0.4, 0.5) is 11.4 Å². The second-order valence-electron chi connectivity index (χ2n) is 7.87. The van der Waals surface area contributed by atoms with Crippen molar-refractivity contribution >= 4 is 43.2 Å². The van der Waals surface area contributed by atoms with E-state index in [4.69, 9.17) is 0 Å². The van der Waals surface area contributed by atoms with Gasteiger partial charge < -0.3 is 10.2 Å². The summed E-state index contributed by atoms with van der Waals surface area (Å²) in [5, 5.41) is 2.88. The number of sulfonamides is 1. The van der Waals surface area contributed by atoms with Crippen molar-refractivity contribution in [2.75, 3.05) is 35.4 Å². The molecule has 0 fully saturated rings. The lowest BCUT2D eigenvalue weighted by atomic mass is 10.2. The lowest BCUT2D eigenvalue weighted by Gasteiger charge is -2.24. The number of hydrogen-bond acceptors (Lipinski definition) is 4. The van der Waals surface area contributed by atoms with Crippen molar-refractivity contribution in [1.29, 1.82) is 0 Å². The highest BCUT2D eigenvalue weighted by Gasteiger charge is 2.27. The Kier molecular flexibility index (Phi) is 7.35. The molecule has 0 unspecified atom stereocenters. The molecule has 1 N–H and O–H groups in total. The Morgan fingerprint density at radius 1 is 0.970 bits per heavy atom. The Balaban J connectivity index is 1.39. The van der Waals surface area contributed by atoms with E-state index in [0.717, 1.165) is 34.7 Å². The summed E-state index contributed by atoms with van der Waals surface area (Å²) in [4.78, 5) is 15.2. The van der Waals surface area contributed by atoms with Gasteiger partial charge in [-0.25, -0.2) is 8.42 Å². The van der Waals surface area contributed by atoms with Gasteiger partial charge in [-0.2, -0.15) is 0 Å². The molecule has 33 heavy (non-hydrogen) atoms. The van der Waals surface area contributed by atoms with E-state index in [1.807, 2.05) is 6.07 Å². The molecule has 8 heteroatoms. The average Bonchev–Trinajstić information content (AvgIpc) is 3.24. The maximum atomic E-state index is 13.3. The number of para-hydroxylation sites is 1. The molecular weight excluding hydrogens is 502 g/mol. The first-order valence-electron chi connectivity index (χ1n) is 10.9. The molecule has 0 spiro atoms. The summed E-state index contributed by atoms with van der Waals surface area (Å²) in [6, 6.07) is 23.4. The Bertz CT molecular complexity index is 1200. The van der Waals surface area contributed by atoms with Gasteiger partial charge in [-0.15, -0.1) is 0 Å². The van der Waals surface area contributed by atoms with E-state index >= 15 is 0 Å². The van der Waals surface area contributed by atoms with Crippen molar-refractivity contribution in [2.24, 2.45) is 0 Å². The van der Waals surface area contributed by atoms with E-state index in [-0.39, 0.29) is 17.3 Å². The molecule has 1 amide bonds. The number of carbonyl (C=O) groups is 1. The van der Waals surface area contributed by atoms with Gasteiger partial charge in [0, 0.05) is 29.8 Å². The van der Waals surface area contributed by atoms with Crippen LogP contribution in [0.25, 0.3) is 0 Å². The molecule has 1 heterocycles. The van der Waals surface area contributed by atoms with Crippen molar-refractivity contribution in [3.8, 4) is 0 Å². The maximum Gasteiger partial charge on any atom is 0.264 e. The fourth-order valence-electron chi connectivity index (χ4n) is 3.97. The molecule has 6 nitrogen and oxygen atoms in total. The van der Waals surface area contributed by atoms with E-state index in [2.05, 4.69) is 44.3 Å². The van der Waals surface area contributed by atoms with Crippen LogP contribution in [0.1, 0.15) is 12.0 Å². The average molecular weight is 528 g/mol.